The Bertz CT molecular complexity index is 2250. The lowest BCUT2D eigenvalue weighted by molar-refractivity contribution is -0.158. The van der Waals surface area contributed by atoms with Gasteiger partial charge in [0.05, 0.1) is 18.9 Å². The SMILES string of the molecule is CC(C)(C)OC(=O)N[C@@H](Cc1c[nH]c2ccccc12)C(=O)N(C(=O)Cc1cccc(F)c1)C(=O)[C@H](CC(=O)O)NC(=O)[C@@H](N)Cc1ccc2ccccc2c1. The molecule has 5 rings (SSSR count). The predicted octanol–water partition coefficient (Wildman–Crippen LogP) is 4.55. The Morgan fingerprint density at radius 3 is 2.22 bits per heavy atom. The van der Waals surface area contributed by atoms with E-state index in [9.17, 15) is 38.3 Å². The van der Waals surface area contributed by atoms with E-state index < -0.39 is 78.1 Å². The number of hydrogen-bond acceptors (Lipinski definition) is 8. The van der Waals surface area contributed by atoms with Gasteiger partial charge in [-0.1, -0.05) is 72.8 Å². The van der Waals surface area contributed by atoms with Crippen molar-refractivity contribution in [2.45, 2.75) is 70.2 Å². The van der Waals surface area contributed by atoms with E-state index >= 15 is 0 Å². The van der Waals surface area contributed by atoms with Crippen LogP contribution in [0.1, 0.15) is 43.9 Å². The standard InChI is InChI=1S/C41H42FN5O8/c1-41(2,3)55-40(54)46-33(21-28-23-44-32-14-7-6-13-30(28)32)38(52)47(35(48)20-24-9-8-12-29(42)18-24)39(53)34(22-36(49)50)45-37(51)31(43)19-25-15-16-26-10-4-5-11-27(26)17-25/h4-18,23,31,33-34,44H,19-22,43H2,1-3H3,(H,45,51)(H,46,54)(H,49,50)/t31-,33-,34-/m0/s1. The Morgan fingerprint density at radius 2 is 1.51 bits per heavy atom. The molecule has 0 unspecified atom stereocenters. The fraction of sp³-hybridized carbons (Fsp3) is 0.268. The van der Waals surface area contributed by atoms with Crippen LogP contribution in [0.5, 0.6) is 0 Å². The van der Waals surface area contributed by atoms with Gasteiger partial charge in [0.2, 0.25) is 11.8 Å². The van der Waals surface area contributed by atoms with Crippen molar-refractivity contribution in [1.29, 1.82) is 0 Å². The summed E-state index contributed by atoms with van der Waals surface area (Å²) in [6, 6.07) is 20.2. The smallest absolute Gasteiger partial charge is 0.408 e. The number of ether oxygens (including phenoxy) is 1. The number of imide groups is 3. The molecule has 286 valence electrons. The number of para-hydroxylation sites is 1. The first-order valence-electron chi connectivity index (χ1n) is 17.5. The molecule has 0 radical (unpaired) electrons. The van der Waals surface area contributed by atoms with Crippen molar-refractivity contribution in [2.75, 3.05) is 0 Å². The zero-order chi connectivity index (χ0) is 39.9. The Hall–Kier alpha value is -6.41. The molecule has 0 saturated heterocycles. The quantitative estimate of drug-likeness (QED) is 0.114. The molecule has 14 heteroatoms. The Kier molecular flexibility index (Phi) is 12.4. The van der Waals surface area contributed by atoms with Crippen molar-refractivity contribution < 1.29 is 43.0 Å². The molecule has 1 aromatic heterocycles. The lowest BCUT2D eigenvalue weighted by atomic mass is 10.0. The van der Waals surface area contributed by atoms with E-state index in [0.29, 0.717) is 22.0 Å². The zero-order valence-corrected chi connectivity index (χ0v) is 30.5. The molecular formula is C41H42FN5O8. The summed E-state index contributed by atoms with van der Waals surface area (Å²) >= 11 is 0. The number of nitrogens with two attached hydrogens (primary N) is 1. The number of aliphatic carboxylic acids is 1. The largest absolute Gasteiger partial charge is 0.481 e. The first-order chi connectivity index (χ1) is 26.1. The molecule has 0 bridgehead atoms. The van der Waals surface area contributed by atoms with Crippen molar-refractivity contribution in [3.05, 3.63) is 120 Å². The number of halogens is 1. The number of nitrogens with one attached hydrogen (secondary N) is 3. The predicted molar refractivity (Wildman–Crippen MR) is 202 cm³/mol. The average Bonchev–Trinajstić information content (AvgIpc) is 3.52. The number of rotatable bonds is 13. The van der Waals surface area contributed by atoms with Crippen LogP contribution in [0.25, 0.3) is 21.7 Å². The topological polar surface area (TPSA) is 201 Å². The van der Waals surface area contributed by atoms with Gasteiger partial charge in [-0.3, -0.25) is 24.0 Å². The molecule has 0 saturated carbocycles. The van der Waals surface area contributed by atoms with E-state index in [1.165, 1.54) is 12.1 Å². The summed E-state index contributed by atoms with van der Waals surface area (Å²) in [6.45, 7) is 4.81. The molecule has 13 nitrogen and oxygen atoms in total. The summed E-state index contributed by atoms with van der Waals surface area (Å²) in [5.74, 6) is -6.94. The van der Waals surface area contributed by atoms with E-state index in [0.717, 1.165) is 22.9 Å². The molecule has 0 aliphatic carbocycles. The van der Waals surface area contributed by atoms with Crippen LogP contribution in [-0.4, -0.2) is 74.4 Å². The maximum absolute atomic E-state index is 14.5. The van der Waals surface area contributed by atoms with E-state index in [2.05, 4.69) is 15.6 Å². The maximum Gasteiger partial charge on any atom is 0.408 e. The van der Waals surface area contributed by atoms with Crippen LogP contribution in [0, 0.1) is 5.82 Å². The summed E-state index contributed by atoms with van der Waals surface area (Å²) in [7, 11) is 0. The van der Waals surface area contributed by atoms with Crippen molar-refractivity contribution in [1.82, 2.24) is 20.5 Å². The number of carboxylic acid groups (broad SMARTS) is 1. The number of carbonyl (C=O) groups excluding carboxylic acids is 5. The third-order valence-electron chi connectivity index (χ3n) is 8.62. The lowest BCUT2D eigenvalue weighted by Crippen LogP contribution is -2.60. The second kappa shape index (κ2) is 17.2. The molecule has 0 aliphatic heterocycles. The monoisotopic (exact) mass is 751 g/mol. The first kappa shape index (κ1) is 39.8. The van der Waals surface area contributed by atoms with E-state index in [1.807, 2.05) is 36.4 Å². The van der Waals surface area contributed by atoms with Gasteiger partial charge < -0.3 is 31.2 Å². The highest BCUT2D eigenvalue weighted by Crippen LogP contribution is 2.22. The molecule has 4 aromatic carbocycles. The second-order valence-electron chi connectivity index (χ2n) is 14.1. The molecule has 6 N–H and O–H groups in total. The highest BCUT2D eigenvalue weighted by molar-refractivity contribution is 6.15. The normalized spacial score (nSPS) is 13.0. The van der Waals surface area contributed by atoms with E-state index in [4.69, 9.17) is 10.5 Å². The van der Waals surface area contributed by atoms with E-state index in [1.54, 1.807) is 57.3 Å². The number of alkyl carbamates (subject to hydrolysis) is 1. The van der Waals surface area contributed by atoms with Gasteiger partial charge >= 0.3 is 12.1 Å². The molecular weight excluding hydrogens is 709 g/mol. The Balaban J connectivity index is 1.48. The summed E-state index contributed by atoms with van der Waals surface area (Å²) in [5, 5.41) is 17.2. The number of carboxylic acids is 1. The Labute approximate surface area is 316 Å². The van der Waals surface area contributed by atoms with Gasteiger partial charge in [0.1, 0.15) is 23.5 Å². The molecule has 5 amide bonds. The molecule has 1 heterocycles. The minimum absolute atomic E-state index is 0.0122. The number of aromatic amines is 1. The maximum atomic E-state index is 14.5. The van der Waals surface area contributed by atoms with Crippen molar-refractivity contribution in [3.8, 4) is 0 Å². The van der Waals surface area contributed by atoms with Crippen LogP contribution in [0.4, 0.5) is 9.18 Å². The highest BCUT2D eigenvalue weighted by Gasteiger charge is 2.40. The number of aromatic nitrogens is 1. The fourth-order valence-corrected chi connectivity index (χ4v) is 6.10. The van der Waals surface area contributed by atoms with Crippen LogP contribution in [0.2, 0.25) is 0 Å². The number of nitrogens with zero attached hydrogens (tertiary/aromatic N) is 1. The number of carbonyl (C=O) groups is 6. The van der Waals surface area contributed by atoms with Gasteiger partial charge in [-0.25, -0.2) is 14.1 Å². The fourth-order valence-electron chi connectivity index (χ4n) is 6.10. The van der Waals surface area contributed by atoms with Gasteiger partial charge in [0.25, 0.3) is 11.8 Å². The number of H-pyrrole nitrogens is 1. The third-order valence-corrected chi connectivity index (χ3v) is 8.62. The zero-order valence-electron chi connectivity index (χ0n) is 30.5. The molecule has 0 fully saturated rings. The van der Waals surface area contributed by atoms with Crippen molar-refractivity contribution >= 4 is 57.4 Å². The van der Waals surface area contributed by atoms with Crippen LogP contribution in [0.3, 0.4) is 0 Å². The molecule has 3 atom stereocenters. The minimum atomic E-state index is -1.96. The summed E-state index contributed by atoms with van der Waals surface area (Å²) in [4.78, 5) is 84.8. The number of hydrogen-bond donors (Lipinski definition) is 5. The van der Waals surface area contributed by atoms with Gasteiger partial charge in [-0.2, -0.15) is 0 Å². The van der Waals surface area contributed by atoms with Crippen molar-refractivity contribution in [2.24, 2.45) is 5.73 Å². The second-order valence-corrected chi connectivity index (χ2v) is 14.1. The van der Waals surface area contributed by atoms with Gasteiger partial charge in [0.15, 0.2) is 0 Å². The van der Waals surface area contributed by atoms with Gasteiger partial charge in [-0.15, -0.1) is 0 Å². The van der Waals surface area contributed by atoms with Gasteiger partial charge in [0, 0.05) is 23.5 Å². The van der Waals surface area contributed by atoms with Crippen molar-refractivity contribution in [3.63, 3.8) is 0 Å². The lowest BCUT2D eigenvalue weighted by Gasteiger charge is -2.29. The summed E-state index contributed by atoms with van der Waals surface area (Å²) in [6.07, 6.45) is -1.37. The minimum Gasteiger partial charge on any atom is -0.481 e. The molecule has 0 spiro atoms. The van der Waals surface area contributed by atoms with Crippen LogP contribution in [-0.2, 0) is 48.0 Å². The summed E-state index contributed by atoms with van der Waals surface area (Å²) < 4.78 is 19.6. The van der Waals surface area contributed by atoms with Crippen LogP contribution < -0.4 is 16.4 Å². The molecule has 0 aliphatic rings. The number of amides is 5. The average molecular weight is 752 g/mol. The first-order valence-corrected chi connectivity index (χ1v) is 17.5. The Morgan fingerprint density at radius 1 is 0.818 bits per heavy atom. The van der Waals surface area contributed by atoms with Crippen LogP contribution >= 0.6 is 0 Å². The van der Waals surface area contributed by atoms with Gasteiger partial charge in [-0.05, 0) is 72.9 Å². The highest BCUT2D eigenvalue weighted by atomic mass is 19.1. The third kappa shape index (κ3) is 10.6. The number of benzene rings is 4. The van der Waals surface area contributed by atoms with Crippen LogP contribution in [0.15, 0.2) is 97.2 Å². The van der Waals surface area contributed by atoms with E-state index in [-0.39, 0.29) is 23.3 Å². The molecule has 55 heavy (non-hydrogen) atoms. The molecule has 5 aromatic rings. The summed E-state index contributed by atoms with van der Waals surface area (Å²) in [5.41, 5.74) is 7.28. The number of fused-ring (bicyclic) bond motifs is 2.